The molecule has 0 bridgehead atoms. The number of guanidine groups is 1. The largest absolute Gasteiger partial charge is 0.484 e. The first-order valence-corrected chi connectivity index (χ1v) is 10.8. The van der Waals surface area contributed by atoms with Crippen molar-refractivity contribution in [2.24, 2.45) is 4.99 Å². The van der Waals surface area contributed by atoms with Gasteiger partial charge in [-0.1, -0.05) is 42.5 Å². The minimum absolute atomic E-state index is 0. The molecule has 1 unspecified atom stereocenters. The third kappa shape index (κ3) is 8.66. The van der Waals surface area contributed by atoms with Gasteiger partial charge in [-0.2, -0.15) is 0 Å². The average molecular weight is 552 g/mol. The summed E-state index contributed by atoms with van der Waals surface area (Å²) in [6.07, 6.45) is 2.12. The number of aliphatic hydroxyl groups is 1. The first kappa shape index (κ1) is 25.9. The molecule has 3 rings (SSSR count). The van der Waals surface area contributed by atoms with Crippen LogP contribution in [0.5, 0.6) is 5.75 Å². The van der Waals surface area contributed by atoms with Gasteiger partial charge in [-0.3, -0.25) is 4.79 Å². The van der Waals surface area contributed by atoms with Crippen molar-refractivity contribution in [2.75, 3.05) is 19.7 Å². The Morgan fingerprint density at radius 1 is 1.16 bits per heavy atom. The van der Waals surface area contributed by atoms with E-state index in [1.165, 1.54) is 0 Å². The summed E-state index contributed by atoms with van der Waals surface area (Å²) in [6.45, 7) is 5.25. The Labute approximate surface area is 207 Å². The number of benzene rings is 2. The van der Waals surface area contributed by atoms with E-state index >= 15 is 0 Å². The number of nitrogens with one attached hydrogen (secondary N) is 3. The van der Waals surface area contributed by atoms with Gasteiger partial charge in [-0.15, -0.1) is 24.0 Å². The summed E-state index contributed by atoms with van der Waals surface area (Å²) in [4.78, 5) is 16.4. The molecular weight excluding hydrogens is 519 g/mol. The van der Waals surface area contributed by atoms with Crippen molar-refractivity contribution >= 4 is 35.8 Å². The zero-order valence-corrected chi connectivity index (χ0v) is 21.0. The Morgan fingerprint density at radius 2 is 1.91 bits per heavy atom. The number of halogens is 1. The monoisotopic (exact) mass is 552 g/mol. The zero-order chi connectivity index (χ0) is 22.1. The fraction of sp³-hybridized carbons (Fsp3) is 0.417. The van der Waals surface area contributed by atoms with Crippen LogP contribution in [0, 0.1) is 0 Å². The van der Waals surface area contributed by atoms with E-state index in [1.807, 2.05) is 61.5 Å². The molecule has 1 fully saturated rings. The Bertz CT molecular complexity index is 886. The number of hydrogen-bond acceptors (Lipinski definition) is 4. The molecule has 7 nitrogen and oxygen atoms in total. The summed E-state index contributed by atoms with van der Waals surface area (Å²) < 4.78 is 5.61. The van der Waals surface area contributed by atoms with E-state index in [9.17, 15) is 9.90 Å². The van der Waals surface area contributed by atoms with E-state index in [4.69, 9.17) is 4.74 Å². The maximum absolute atomic E-state index is 11.8. The van der Waals surface area contributed by atoms with Crippen LogP contribution in [0.4, 0.5) is 0 Å². The normalized spacial score (nSPS) is 15.2. The van der Waals surface area contributed by atoms with Crippen molar-refractivity contribution in [1.82, 2.24) is 16.0 Å². The number of rotatable bonds is 10. The van der Waals surface area contributed by atoms with E-state index in [1.54, 1.807) is 6.92 Å². The molecule has 2 aromatic carbocycles. The Morgan fingerprint density at radius 3 is 2.59 bits per heavy atom. The lowest BCUT2D eigenvalue weighted by atomic mass is 9.96. The number of carbonyl (C=O) groups excluding carboxylic acids is 1. The van der Waals surface area contributed by atoms with Crippen LogP contribution < -0.4 is 20.7 Å². The minimum Gasteiger partial charge on any atom is -0.484 e. The molecule has 2 aromatic rings. The molecule has 4 N–H and O–H groups in total. The number of ether oxygens (including phenoxy) is 1. The maximum atomic E-state index is 11.8. The number of carbonyl (C=O) groups is 1. The van der Waals surface area contributed by atoms with Gasteiger partial charge < -0.3 is 25.8 Å². The second-order valence-electron chi connectivity index (χ2n) is 7.97. The minimum atomic E-state index is -1.02. The van der Waals surface area contributed by atoms with Crippen LogP contribution in [0.15, 0.2) is 59.6 Å². The smallest absolute Gasteiger partial charge is 0.258 e. The zero-order valence-electron chi connectivity index (χ0n) is 18.6. The van der Waals surface area contributed by atoms with Crippen LogP contribution in [-0.4, -0.2) is 42.7 Å². The van der Waals surface area contributed by atoms with Crippen molar-refractivity contribution in [2.45, 2.75) is 44.9 Å². The fourth-order valence-electron chi connectivity index (χ4n) is 3.05. The molecule has 8 heteroatoms. The highest BCUT2D eigenvalue weighted by atomic mass is 127. The molecular formula is C24H33IN4O3. The molecule has 1 amide bonds. The van der Waals surface area contributed by atoms with E-state index in [0.29, 0.717) is 37.4 Å². The average Bonchev–Trinajstić information content (AvgIpc) is 3.59. The van der Waals surface area contributed by atoms with Crippen LogP contribution in [-0.2, 0) is 16.9 Å². The highest BCUT2D eigenvalue weighted by Crippen LogP contribution is 2.20. The predicted octanol–water partition coefficient (Wildman–Crippen LogP) is 2.92. The summed E-state index contributed by atoms with van der Waals surface area (Å²) in [5.41, 5.74) is 0.785. The maximum Gasteiger partial charge on any atom is 0.258 e. The molecule has 32 heavy (non-hydrogen) atoms. The molecule has 174 valence electrons. The van der Waals surface area contributed by atoms with Crippen LogP contribution in [0.1, 0.15) is 37.8 Å². The van der Waals surface area contributed by atoms with Gasteiger partial charge >= 0.3 is 0 Å². The SMILES string of the molecule is CCNC(=NCc1cccc(OCC(=O)NC2CC2)c1)NCC(C)(O)c1ccccc1.I. The first-order valence-electron chi connectivity index (χ1n) is 10.8. The molecule has 0 aliphatic heterocycles. The van der Waals surface area contributed by atoms with Crippen LogP contribution in [0.3, 0.4) is 0 Å². The van der Waals surface area contributed by atoms with Crippen LogP contribution >= 0.6 is 24.0 Å². The van der Waals surface area contributed by atoms with Gasteiger partial charge in [0.05, 0.1) is 13.1 Å². The standard InChI is InChI=1S/C24H32N4O3.HI/c1-3-25-23(27-17-24(2,30)19-9-5-4-6-10-19)26-15-18-8-7-11-21(14-18)31-16-22(29)28-20-12-13-20;/h4-11,14,20,30H,3,12-13,15-17H2,1-2H3,(H,28,29)(H2,25,26,27);1H. The van der Waals surface area contributed by atoms with Gasteiger partial charge in [0.2, 0.25) is 0 Å². The van der Waals surface area contributed by atoms with Gasteiger partial charge in [0.25, 0.3) is 5.91 Å². The summed E-state index contributed by atoms with van der Waals surface area (Å²) in [6, 6.07) is 17.5. The Kier molecular flexibility index (Phi) is 10.2. The van der Waals surface area contributed by atoms with E-state index < -0.39 is 5.60 Å². The molecule has 1 saturated carbocycles. The summed E-state index contributed by atoms with van der Waals surface area (Å²) >= 11 is 0. The number of hydrogen-bond donors (Lipinski definition) is 4. The molecule has 0 saturated heterocycles. The van der Waals surface area contributed by atoms with Gasteiger partial charge in [0.15, 0.2) is 12.6 Å². The number of amides is 1. The fourth-order valence-corrected chi connectivity index (χ4v) is 3.05. The molecule has 0 spiro atoms. The highest BCUT2D eigenvalue weighted by Gasteiger charge is 2.24. The highest BCUT2D eigenvalue weighted by molar-refractivity contribution is 14.0. The van der Waals surface area contributed by atoms with Gasteiger partial charge in [-0.25, -0.2) is 4.99 Å². The van der Waals surface area contributed by atoms with E-state index in [2.05, 4.69) is 20.9 Å². The summed E-state index contributed by atoms with van der Waals surface area (Å²) in [7, 11) is 0. The van der Waals surface area contributed by atoms with Gasteiger partial charge in [-0.05, 0) is 49.9 Å². The topological polar surface area (TPSA) is 95.0 Å². The van der Waals surface area contributed by atoms with Crippen molar-refractivity contribution < 1.29 is 14.6 Å². The molecule has 1 atom stereocenters. The number of nitrogens with zero attached hydrogens (tertiary/aromatic N) is 1. The molecule has 0 radical (unpaired) electrons. The van der Waals surface area contributed by atoms with E-state index in [-0.39, 0.29) is 36.5 Å². The third-order valence-electron chi connectivity index (χ3n) is 4.97. The van der Waals surface area contributed by atoms with Crippen LogP contribution in [0.2, 0.25) is 0 Å². The first-order chi connectivity index (χ1) is 15.0. The molecule has 1 aliphatic rings. The van der Waals surface area contributed by atoms with Crippen molar-refractivity contribution in [1.29, 1.82) is 0 Å². The van der Waals surface area contributed by atoms with Crippen molar-refractivity contribution in [3.63, 3.8) is 0 Å². The lowest BCUT2D eigenvalue weighted by Gasteiger charge is -2.25. The van der Waals surface area contributed by atoms with Crippen LogP contribution in [0.25, 0.3) is 0 Å². The molecule has 0 aromatic heterocycles. The second kappa shape index (κ2) is 12.6. The Hall–Kier alpha value is -2.33. The summed E-state index contributed by atoms with van der Waals surface area (Å²) in [5.74, 6) is 1.17. The quantitative estimate of drug-likeness (QED) is 0.207. The molecule has 1 aliphatic carbocycles. The second-order valence-corrected chi connectivity index (χ2v) is 7.97. The lowest BCUT2D eigenvalue weighted by molar-refractivity contribution is -0.123. The predicted molar refractivity (Wildman–Crippen MR) is 137 cm³/mol. The molecule has 0 heterocycles. The van der Waals surface area contributed by atoms with Crippen molar-refractivity contribution in [3.05, 3.63) is 65.7 Å². The van der Waals surface area contributed by atoms with Crippen molar-refractivity contribution in [3.8, 4) is 5.75 Å². The Balaban J connectivity index is 0.00000363. The lowest BCUT2D eigenvalue weighted by Crippen LogP contribution is -2.44. The van der Waals surface area contributed by atoms with Gasteiger partial charge in [0.1, 0.15) is 11.4 Å². The summed E-state index contributed by atoms with van der Waals surface area (Å²) in [5, 5.41) is 20.1. The number of aliphatic imine (C=N–C) groups is 1. The third-order valence-corrected chi connectivity index (χ3v) is 4.97. The van der Waals surface area contributed by atoms with E-state index in [0.717, 1.165) is 24.0 Å². The van der Waals surface area contributed by atoms with Gasteiger partial charge in [0, 0.05) is 12.6 Å².